The number of ketones is 1. The SMILES string of the molecule is Cc1c2c(cc3c1O/C(=C\c1cn(C)c4ccccc14)C3=O)CN(C1CCCC1)CO2. The van der Waals surface area contributed by atoms with Crippen molar-refractivity contribution in [2.75, 3.05) is 6.73 Å². The summed E-state index contributed by atoms with van der Waals surface area (Å²) in [5, 5.41) is 1.11. The number of Topliss-reactive ketones (excluding diaryl/α,β-unsaturated/α-hetero) is 1. The third-order valence-corrected chi connectivity index (χ3v) is 7.02. The van der Waals surface area contributed by atoms with Crippen LogP contribution in [0.1, 0.15) is 52.7 Å². The van der Waals surface area contributed by atoms with Crippen molar-refractivity contribution in [1.82, 2.24) is 9.47 Å². The van der Waals surface area contributed by atoms with Gasteiger partial charge in [-0.2, -0.15) is 0 Å². The predicted molar refractivity (Wildman–Crippen MR) is 120 cm³/mol. The summed E-state index contributed by atoms with van der Waals surface area (Å²) in [5.41, 5.74) is 4.79. The normalized spacial score (nSPS) is 20.2. The van der Waals surface area contributed by atoms with Crippen molar-refractivity contribution in [3.05, 3.63) is 64.5 Å². The lowest BCUT2D eigenvalue weighted by molar-refractivity contribution is 0.0570. The van der Waals surface area contributed by atoms with E-state index in [9.17, 15) is 4.79 Å². The topological polar surface area (TPSA) is 43.7 Å². The standard InChI is InChI=1S/C26H26N2O3/c1-16-25-18(14-28(15-30-25)19-7-3-4-8-19)11-21-24(29)23(31-26(16)21)12-17-13-27(2)22-10-6-5-9-20(17)22/h5-6,9-13,19H,3-4,7-8,14-15H2,1-2H3/b23-12-. The molecule has 2 aromatic carbocycles. The Balaban J connectivity index is 1.36. The third-order valence-electron chi connectivity index (χ3n) is 7.02. The van der Waals surface area contributed by atoms with Crippen LogP contribution >= 0.6 is 0 Å². The Bertz CT molecular complexity index is 1250. The molecule has 3 aromatic rings. The van der Waals surface area contributed by atoms with E-state index in [1.165, 1.54) is 25.7 Å². The second-order valence-corrected chi connectivity index (χ2v) is 8.98. The van der Waals surface area contributed by atoms with Gasteiger partial charge < -0.3 is 14.0 Å². The molecule has 1 saturated carbocycles. The summed E-state index contributed by atoms with van der Waals surface area (Å²) in [6.45, 7) is 3.45. The predicted octanol–water partition coefficient (Wildman–Crippen LogP) is 5.20. The molecule has 1 fully saturated rings. The second-order valence-electron chi connectivity index (χ2n) is 8.98. The van der Waals surface area contributed by atoms with Gasteiger partial charge in [0.2, 0.25) is 5.78 Å². The average molecular weight is 415 g/mol. The van der Waals surface area contributed by atoms with Crippen molar-refractivity contribution < 1.29 is 14.3 Å². The van der Waals surface area contributed by atoms with Crippen LogP contribution in [0.3, 0.4) is 0 Å². The second kappa shape index (κ2) is 6.99. The fourth-order valence-corrected chi connectivity index (χ4v) is 5.40. The molecule has 0 bridgehead atoms. The number of benzene rings is 2. The Morgan fingerprint density at radius 1 is 1.13 bits per heavy atom. The first kappa shape index (κ1) is 18.7. The Kier molecular flexibility index (Phi) is 4.22. The number of aryl methyl sites for hydroxylation is 1. The van der Waals surface area contributed by atoms with Crippen molar-refractivity contribution >= 4 is 22.8 Å². The molecule has 0 N–H and O–H groups in total. The number of nitrogens with zero attached hydrogens (tertiary/aromatic N) is 2. The summed E-state index contributed by atoms with van der Waals surface area (Å²) in [6.07, 6.45) is 8.98. The molecular formula is C26H26N2O3. The van der Waals surface area contributed by atoms with Gasteiger partial charge >= 0.3 is 0 Å². The van der Waals surface area contributed by atoms with E-state index in [2.05, 4.69) is 21.6 Å². The molecule has 0 atom stereocenters. The maximum absolute atomic E-state index is 13.3. The van der Waals surface area contributed by atoms with E-state index in [1.54, 1.807) is 0 Å². The number of allylic oxidation sites excluding steroid dienone is 1. The number of aromatic nitrogens is 1. The minimum absolute atomic E-state index is 0.0492. The van der Waals surface area contributed by atoms with E-state index in [4.69, 9.17) is 9.47 Å². The number of carbonyl (C=O) groups excluding carboxylic acids is 1. The quantitative estimate of drug-likeness (QED) is 0.541. The summed E-state index contributed by atoms with van der Waals surface area (Å²) in [6, 6.07) is 10.8. The van der Waals surface area contributed by atoms with Crippen molar-refractivity contribution in [2.24, 2.45) is 7.05 Å². The van der Waals surface area contributed by atoms with Crippen LogP contribution in [-0.2, 0) is 13.6 Å². The highest BCUT2D eigenvalue weighted by atomic mass is 16.5. The Morgan fingerprint density at radius 3 is 2.77 bits per heavy atom. The lowest BCUT2D eigenvalue weighted by Crippen LogP contribution is -2.39. The zero-order valence-corrected chi connectivity index (χ0v) is 18.0. The molecule has 0 unspecified atom stereocenters. The molecule has 5 heteroatoms. The minimum Gasteiger partial charge on any atom is -0.477 e. The Hall–Kier alpha value is -3.05. The molecule has 0 radical (unpaired) electrons. The number of hydrogen-bond donors (Lipinski definition) is 0. The van der Waals surface area contributed by atoms with Gasteiger partial charge in [0.25, 0.3) is 0 Å². The molecule has 1 aromatic heterocycles. The van der Waals surface area contributed by atoms with Gasteiger partial charge in [0.15, 0.2) is 5.76 Å². The zero-order chi connectivity index (χ0) is 21.1. The number of para-hydroxylation sites is 1. The van der Waals surface area contributed by atoms with Gasteiger partial charge in [-0.3, -0.25) is 9.69 Å². The van der Waals surface area contributed by atoms with Crippen LogP contribution in [0.5, 0.6) is 11.5 Å². The van der Waals surface area contributed by atoms with Crippen molar-refractivity contribution in [3.63, 3.8) is 0 Å². The average Bonchev–Trinajstić information content (AvgIpc) is 3.50. The summed E-state index contributed by atoms with van der Waals surface area (Å²) < 4.78 is 14.4. The highest BCUT2D eigenvalue weighted by molar-refractivity contribution is 6.15. The number of fused-ring (bicyclic) bond motifs is 3. The lowest BCUT2D eigenvalue weighted by Gasteiger charge is -2.34. The number of ether oxygens (including phenoxy) is 2. The van der Waals surface area contributed by atoms with Gasteiger partial charge in [0.05, 0.1) is 5.56 Å². The van der Waals surface area contributed by atoms with Crippen LogP contribution in [0.15, 0.2) is 42.3 Å². The maximum Gasteiger partial charge on any atom is 0.231 e. The number of hydrogen-bond acceptors (Lipinski definition) is 4. The van der Waals surface area contributed by atoms with Gasteiger partial charge in [0, 0.05) is 53.4 Å². The molecule has 158 valence electrons. The van der Waals surface area contributed by atoms with Crippen LogP contribution in [0.25, 0.3) is 17.0 Å². The van der Waals surface area contributed by atoms with Crippen molar-refractivity contribution in [2.45, 2.75) is 45.2 Å². The zero-order valence-electron chi connectivity index (χ0n) is 18.0. The molecule has 0 saturated heterocycles. The molecule has 3 heterocycles. The van der Waals surface area contributed by atoms with E-state index >= 15 is 0 Å². The first-order chi connectivity index (χ1) is 15.1. The lowest BCUT2D eigenvalue weighted by atomic mass is 9.99. The highest BCUT2D eigenvalue weighted by Crippen LogP contribution is 2.44. The molecule has 1 aliphatic carbocycles. The van der Waals surface area contributed by atoms with E-state index in [0.717, 1.165) is 39.9 Å². The summed E-state index contributed by atoms with van der Waals surface area (Å²) in [4.78, 5) is 15.7. The third kappa shape index (κ3) is 2.91. The molecule has 6 rings (SSSR count). The van der Waals surface area contributed by atoms with E-state index in [0.29, 0.717) is 29.8 Å². The van der Waals surface area contributed by atoms with Gasteiger partial charge in [-0.1, -0.05) is 31.0 Å². The highest BCUT2D eigenvalue weighted by Gasteiger charge is 2.35. The monoisotopic (exact) mass is 414 g/mol. The van der Waals surface area contributed by atoms with E-state index < -0.39 is 0 Å². The molecule has 5 nitrogen and oxygen atoms in total. The van der Waals surface area contributed by atoms with Crippen LogP contribution in [0.2, 0.25) is 0 Å². The molecule has 31 heavy (non-hydrogen) atoms. The molecule has 3 aliphatic rings. The first-order valence-electron chi connectivity index (χ1n) is 11.1. The first-order valence-corrected chi connectivity index (χ1v) is 11.1. The van der Waals surface area contributed by atoms with Gasteiger partial charge in [-0.25, -0.2) is 0 Å². The van der Waals surface area contributed by atoms with E-state index in [-0.39, 0.29) is 5.78 Å². The van der Waals surface area contributed by atoms with Crippen LogP contribution in [0, 0.1) is 6.92 Å². The van der Waals surface area contributed by atoms with Crippen LogP contribution in [-0.4, -0.2) is 28.0 Å². The van der Waals surface area contributed by atoms with Crippen LogP contribution in [0.4, 0.5) is 0 Å². The Labute approximate surface area is 181 Å². The Morgan fingerprint density at radius 2 is 1.94 bits per heavy atom. The largest absolute Gasteiger partial charge is 0.477 e. The molecule has 0 amide bonds. The smallest absolute Gasteiger partial charge is 0.231 e. The molecular weight excluding hydrogens is 388 g/mol. The maximum atomic E-state index is 13.3. The van der Waals surface area contributed by atoms with E-state index in [1.807, 2.05) is 44.4 Å². The van der Waals surface area contributed by atoms with Crippen molar-refractivity contribution in [3.8, 4) is 11.5 Å². The summed E-state index contributed by atoms with van der Waals surface area (Å²) in [5.74, 6) is 1.85. The van der Waals surface area contributed by atoms with Gasteiger partial charge in [0.1, 0.15) is 18.2 Å². The van der Waals surface area contributed by atoms with Crippen LogP contribution < -0.4 is 9.47 Å². The molecule has 0 spiro atoms. The minimum atomic E-state index is -0.0492. The molecule has 2 aliphatic heterocycles. The fourth-order valence-electron chi connectivity index (χ4n) is 5.40. The van der Waals surface area contributed by atoms with Gasteiger partial charge in [-0.05, 0) is 38.0 Å². The van der Waals surface area contributed by atoms with Gasteiger partial charge in [-0.15, -0.1) is 0 Å². The number of rotatable bonds is 2. The number of carbonyl (C=O) groups is 1. The summed E-state index contributed by atoms with van der Waals surface area (Å²) >= 11 is 0. The summed E-state index contributed by atoms with van der Waals surface area (Å²) in [7, 11) is 2.02. The van der Waals surface area contributed by atoms with Crippen molar-refractivity contribution in [1.29, 1.82) is 0 Å². The fraction of sp³-hybridized carbons (Fsp3) is 0.346.